The van der Waals surface area contributed by atoms with Gasteiger partial charge in [-0.15, -0.1) is 0 Å². The molecule has 0 saturated heterocycles. The average molecular weight is 438 g/mol. The Morgan fingerprint density at radius 3 is 2.55 bits per heavy atom. The Morgan fingerprint density at radius 1 is 0.909 bits per heavy atom. The van der Waals surface area contributed by atoms with Gasteiger partial charge < -0.3 is 5.32 Å². The number of fused-ring (bicyclic) bond motifs is 1. The molecule has 0 saturated carbocycles. The second-order valence-electron chi connectivity index (χ2n) is 8.05. The van der Waals surface area contributed by atoms with Gasteiger partial charge in [0.1, 0.15) is 5.82 Å². The smallest absolute Gasteiger partial charge is 0.260 e. The molecule has 0 unspecified atom stereocenters. The van der Waals surface area contributed by atoms with Crippen LogP contribution in [0.4, 0.5) is 5.82 Å². The Hall–Kier alpha value is -4.33. The van der Waals surface area contributed by atoms with Crippen molar-refractivity contribution in [2.45, 2.75) is 27.7 Å². The lowest BCUT2D eigenvalue weighted by Crippen LogP contribution is -2.16. The number of pyridine rings is 2. The molecule has 0 spiro atoms. The van der Waals surface area contributed by atoms with Gasteiger partial charge in [-0.1, -0.05) is 24.3 Å². The van der Waals surface area contributed by atoms with E-state index in [1.165, 1.54) is 0 Å². The van der Waals surface area contributed by atoms with Crippen LogP contribution in [0.3, 0.4) is 0 Å². The Labute approximate surface area is 190 Å². The fourth-order valence-corrected chi connectivity index (χ4v) is 3.94. The number of amides is 1. The molecule has 8 nitrogen and oxygen atoms in total. The summed E-state index contributed by atoms with van der Waals surface area (Å²) in [7, 11) is 0. The van der Waals surface area contributed by atoms with E-state index < -0.39 is 0 Å². The molecule has 8 heteroatoms. The number of carbonyl (C=O) groups is 1. The lowest BCUT2D eigenvalue weighted by atomic mass is 10.1. The van der Waals surface area contributed by atoms with E-state index in [0.717, 1.165) is 27.7 Å². The van der Waals surface area contributed by atoms with Crippen LogP contribution in [-0.4, -0.2) is 35.4 Å². The molecule has 1 aromatic carbocycles. The quantitative estimate of drug-likeness (QED) is 0.447. The predicted octanol–water partition coefficient (Wildman–Crippen LogP) is 4.49. The van der Waals surface area contributed by atoms with E-state index in [9.17, 15) is 4.79 Å². The first-order valence-corrected chi connectivity index (χ1v) is 10.6. The first-order chi connectivity index (χ1) is 15.9. The molecule has 0 aliphatic heterocycles. The van der Waals surface area contributed by atoms with Crippen LogP contribution in [0.1, 0.15) is 32.9 Å². The third kappa shape index (κ3) is 3.65. The third-order valence-electron chi connectivity index (χ3n) is 5.65. The van der Waals surface area contributed by atoms with Gasteiger partial charge in [-0.25, -0.2) is 14.6 Å². The fourth-order valence-electron chi connectivity index (χ4n) is 3.94. The summed E-state index contributed by atoms with van der Waals surface area (Å²) < 4.78 is 3.32. The Kier molecular flexibility index (Phi) is 4.97. The molecular formula is C25H23N7O. The van der Waals surface area contributed by atoms with Gasteiger partial charge in [0.15, 0.2) is 11.6 Å². The minimum absolute atomic E-state index is 0.274. The molecule has 0 bridgehead atoms. The lowest BCUT2D eigenvalue weighted by Gasteiger charge is -2.12. The minimum atomic E-state index is -0.274. The number of aromatic nitrogens is 6. The molecule has 0 atom stereocenters. The van der Waals surface area contributed by atoms with Crippen molar-refractivity contribution in [3.8, 4) is 11.6 Å². The lowest BCUT2D eigenvalue weighted by molar-refractivity contribution is 0.102. The molecule has 5 aromatic rings. The van der Waals surface area contributed by atoms with E-state index in [-0.39, 0.29) is 5.91 Å². The molecule has 1 amide bonds. The number of nitrogens with one attached hydrogen (secondary N) is 1. The molecule has 4 heterocycles. The van der Waals surface area contributed by atoms with Crippen molar-refractivity contribution in [1.29, 1.82) is 0 Å². The monoisotopic (exact) mass is 437 g/mol. The molecule has 0 fully saturated rings. The maximum Gasteiger partial charge on any atom is 0.260 e. The van der Waals surface area contributed by atoms with Gasteiger partial charge in [0.05, 0.1) is 28.7 Å². The van der Waals surface area contributed by atoms with Crippen molar-refractivity contribution in [1.82, 2.24) is 29.5 Å². The van der Waals surface area contributed by atoms with Crippen molar-refractivity contribution in [3.05, 3.63) is 89.0 Å². The average Bonchev–Trinajstić information content (AvgIpc) is 3.37. The van der Waals surface area contributed by atoms with Gasteiger partial charge in [-0.2, -0.15) is 14.9 Å². The molecule has 1 N–H and O–H groups in total. The Balaban J connectivity index is 1.51. The molecule has 0 radical (unpaired) electrons. The number of hydrogen-bond donors (Lipinski definition) is 1. The molecule has 5 rings (SSSR count). The van der Waals surface area contributed by atoms with Gasteiger partial charge >= 0.3 is 0 Å². The molecular weight excluding hydrogens is 414 g/mol. The van der Waals surface area contributed by atoms with Crippen LogP contribution in [0.2, 0.25) is 0 Å². The highest BCUT2D eigenvalue weighted by molar-refractivity contribution is 6.04. The summed E-state index contributed by atoms with van der Waals surface area (Å²) in [5, 5.41) is 13.0. The topological polar surface area (TPSA) is 90.5 Å². The zero-order valence-corrected chi connectivity index (χ0v) is 18.9. The second kappa shape index (κ2) is 7.98. The highest BCUT2D eigenvalue weighted by Gasteiger charge is 2.19. The number of benzene rings is 1. The van der Waals surface area contributed by atoms with Crippen LogP contribution in [0.15, 0.2) is 60.9 Å². The number of nitrogens with zero attached hydrogens (tertiary/aromatic N) is 6. The number of hydrogen-bond acceptors (Lipinski definition) is 5. The van der Waals surface area contributed by atoms with E-state index in [2.05, 4.69) is 33.5 Å². The third-order valence-corrected chi connectivity index (χ3v) is 5.65. The van der Waals surface area contributed by atoms with Crippen LogP contribution >= 0.6 is 0 Å². The number of aryl methyl sites for hydroxylation is 3. The molecule has 0 aliphatic rings. The van der Waals surface area contributed by atoms with Crippen LogP contribution in [0, 0.1) is 27.7 Å². The summed E-state index contributed by atoms with van der Waals surface area (Å²) in [6.07, 6.45) is 3.24. The number of rotatable bonds is 4. The SMILES string of the molecule is Cc1cc(NC(=O)c2cnn(-c3ccccn3)c2C)n(-c2cc(C)c3cccc(C)c3n2)n1. The van der Waals surface area contributed by atoms with Gasteiger partial charge in [-0.3, -0.25) is 4.79 Å². The molecule has 4 aromatic heterocycles. The predicted molar refractivity (Wildman–Crippen MR) is 127 cm³/mol. The van der Waals surface area contributed by atoms with Crippen LogP contribution < -0.4 is 5.32 Å². The van der Waals surface area contributed by atoms with Crippen molar-refractivity contribution < 1.29 is 4.79 Å². The van der Waals surface area contributed by atoms with Crippen LogP contribution in [-0.2, 0) is 0 Å². The van der Waals surface area contributed by atoms with Crippen molar-refractivity contribution in [3.63, 3.8) is 0 Å². The van der Waals surface area contributed by atoms with Crippen LogP contribution in [0.25, 0.3) is 22.5 Å². The Morgan fingerprint density at radius 2 is 1.76 bits per heavy atom. The van der Waals surface area contributed by atoms with E-state index in [4.69, 9.17) is 4.98 Å². The standard InChI is InChI=1S/C25H23N7O/c1-15-8-7-9-19-16(2)12-22(28-24(15)19)32-23(13-17(3)30-32)29-25(33)20-14-27-31(18(20)4)21-10-5-6-11-26-21/h5-14H,1-4H3,(H,29,33). The highest BCUT2D eigenvalue weighted by Crippen LogP contribution is 2.25. The van der Waals surface area contributed by atoms with Gasteiger partial charge in [0.2, 0.25) is 0 Å². The largest absolute Gasteiger partial charge is 0.306 e. The van der Waals surface area contributed by atoms with Crippen LogP contribution in [0.5, 0.6) is 0 Å². The summed E-state index contributed by atoms with van der Waals surface area (Å²) in [5.74, 6) is 1.58. The molecule has 33 heavy (non-hydrogen) atoms. The van der Waals surface area contributed by atoms with Crippen molar-refractivity contribution in [2.24, 2.45) is 0 Å². The minimum Gasteiger partial charge on any atom is -0.306 e. The second-order valence-corrected chi connectivity index (χ2v) is 8.05. The maximum absolute atomic E-state index is 13.2. The van der Waals surface area contributed by atoms with E-state index >= 15 is 0 Å². The summed E-state index contributed by atoms with van der Waals surface area (Å²) in [5.41, 5.74) is 5.04. The zero-order valence-electron chi connectivity index (χ0n) is 18.9. The number of carbonyl (C=O) groups excluding carboxylic acids is 1. The first-order valence-electron chi connectivity index (χ1n) is 10.6. The van der Waals surface area contributed by atoms with Gasteiger partial charge in [0.25, 0.3) is 5.91 Å². The van der Waals surface area contributed by atoms with E-state index in [0.29, 0.717) is 28.7 Å². The van der Waals surface area contributed by atoms with E-state index in [1.54, 1.807) is 21.8 Å². The number of anilines is 1. The van der Waals surface area contributed by atoms with E-state index in [1.807, 2.05) is 63.2 Å². The normalized spacial score (nSPS) is 11.2. The first kappa shape index (κ1) is 20.6. The fraction of sp³-hybridized carbons (Fsp3) is 0.160. The maximum atomic E-state index is 13.2. The zero-order chi connectivity index (χ0) is 23.1. The molecule has 0 aliphatic carbocycles. The summed E-state index contributed by atoms with van der Waals surface area (Å²) in [6, 6.07) is 15.5. The summed E-state index contributed by atoms with van der Waals surface area (Å²) in [4.78, 5) is 22.3. The summed E-state index contributed by atoms with van der Waals surface area (Å²) in [6.45, 7) is 7.82. The van der Waals surface area contributed by atoms with Crippen molar-refractivity contribution >= 4 is 22.6 Å². The van der Waals surface area contributed by atoms with Crippen molar-refractivity contribution in [2.75, 3.05) is 5.32 Å². The summed E-state index contributed by atoms with van der Waals surface area (Å²) >= 11 is 0. The van der Waals surface area contributed by atoms with Gasteiger partial charge in [0, 0.05) is 17.6 Å². The highest BCUT2D eigenvalue weighted by atomic mass is 16.1. The Bertz CT molecular complexity index is 1500. The van der Waals surface area contributed by atoms with Gasteiger partial charge in [-0.05, 0) is 57.0 Å². The number of para-hydroxylation sites is 1. The molecule has 164 valence electrons.